The number of unbranched alkanes of at least 4 members (excludes halogenated alkanes) is 2. The molecule has 7 heterocycles. The number of hydrogen-bond donors (Lipinski definition) is 4. The maximum atomic E-state index is 13.3. The van der Waals surface area contributed by atoms with Crippen molar-refractivity contribution < 1.29 is 36.1 Å². The summed E-state index contributed by atoms with van der Waals surface area (Å²) in [5, 5.41) is 5.80. The highest BCUT2D eigenvalue weighted by Crippen LogP contribution is 2.30. The van der Waals surface area contributed by atoms with E-state index in [1.54, 1.807) is 0 Å². The molecule has 2 atom stereocenters. The molecule has 0 radical (unpaired) electrons. The Bertz CT molecular complexity index is 1870. The maximum Gasteiger partial charge on any atom is 0.273 e. The maximum absolute atomic E-state index is 13.3. The number of nitrogens with zero attached hydrogens (tertiary/aromatic N) is 6. The van der Waals surface area contributed by atoms with E-state index in [-0.39, 0.29) is 69.5 Å². The van der Waals surface area contributed by atoms with E-state index in [0.717, 1.165) is 12.8 Å². The van der Waals surface area contributed by atoms with E-state index >= 15 is 0 Å². The fraction of sp³-hybridized carbons (Fsp3) is 0.333. The zero-order chi connectivity index (χ0) is 33.0. The summed E-state index contributed by atoms with van der Waals surface area (Å²) < 4.78 is 33.8. The highest BCUT2D eigenvalue weighted by atomic mass is 16.4. The molecule has 7 rings (SSSR count). The van der Waals surface area contributed by atoms with Crippen LogP contribution in [0.25, 0.3) is 46.3 Å². The van der Waals surface area contributed by atoms with Crippen LogP contribution < -0.4 is 22.1 Å². The predicted molar refractivity (Wildman–Crippen MR) is 161 cm³/mol. The Hall–Kier alpha value is -5.88. The SMILES string of the molecule is NCCCC[C@@H]1NC(=O)c2coc(n2)-c2coc(n2)-c2coc(n2)[C@H](CCCCN)NC(=O)c2coc(n2)-c2coc(n2)-c2coc1n2. The molecule has 0 unspecified atom stereocenters. The van der Waals surface area contributed by atoms with Crippen LogP contribution in [-0.4, -0.2) is 54.8 Å². The standard InChI is InChI=1S/C30H30N10O8/c31-7-3-1-5-15-25-37-21(11-45-25)29-39-20(13-47-29)28-36-18(10-44-28)24(42)34-16(6-2-4-8-32)26-38-22(12-46-26)30-40-19(14-48-30)27-35-17(9-43-27)23(41)33-15/h9-16H,1-8,31-32H2,(H,33,41)(H,34,42)/t15-,16-/m0/s1. The number of carbonyl (C=O) groups excluding carboxylic acids is 2. The number of nitrogens with one attached hydrogen (secondary N) is 2. The van der Waals surface area contributed by atoms with E-state index in [1.807, 2.05) is 0 Å². The first-order chi connectivity index (χ1) is 23.5. The molecule has 0 aliphatic carbocycles. The van der Waals surface area contributed by atoms with Crippen molar-refractivity contribution in [1.29, 1.82) is 0 Å². The van der Waals surface area contributed by atoms with Gasteiger partial charge in [0.15, 0.2) is 34.2 Å². The topological polar surface area (TPSA) is 266 Å². The summed E-state index contributed by atoms with van der Waals surface area (Å²) in [5.41, 5.74) is 12.4. The Kier molecular flexibility index (Phi) is 8.63. The van der Waals surface area contributed by atoms with Crippen LogP contribution in [0.2, 0.25) is 0 Å². The molecule has 6 aromatic heterocycles. The average Bonchev–Trinajstić information content (AvgIpc) is 3.94. The monoisotopic (exact) mass is 658 g/mol. The van der Waals surface area contributed by atoms with Gasteiger partial charge in [-0.25, -0.2) is 29.9 Å². The summed E-state index contributed by atoms with van der Waals surface area (Å²) >= 11 is 0. The van der Waals surface area contributed by atoms with Crippen molar-refractivity contribution in [2.24, 2.45) is 11.5 Å². The number of rotatable bonds is 8. The summed E-state index contributed by atoms with van der Waals surface area (Å²) in [5.74, 6) is -0.299. The zero-order valence-corrected chi connectivity index (χ0v) is 25.4. The molecule has 18 nitrogen and oxygen atoms in total. The highest BCUT2D eigenvalue weighted by Gasteiger charge is 2.27. The normalized spacial score (nSPS) is 16.4. The lowest BCUT2D eigenvalue weighted by Crippen LogP contribution is -2.29. The Morgan fingerprint density at radius 3 is 1.21 bits per heavy atom. The first-order valence-electron chi connectivity index (χ1n) is 15.3. The van der Waals surface area contributed by atoms with Crippen molar-refractivity contribution in [3.8, 4) is 46.3 Å². The third-order valence-corrected chi connectivity index (χ3v) is 7.50. The largest absolute Gasteiger partial charge is 0.446 e. The predicted octanol–water partition coefficient (Wildman–Crippen LogP) is 3.80. The molecule has 0 saturated carbocycles. The van der Waals surface area contributed by atoms with Gasteiger partial charge in [0.2, 0.25) is 35.3 Å². The van der Waals surface area contributed by atoms with Gasteiger partial charge in [0.25, 0.3) is 11.8 Å². The van der Waals surface area contributed by atoms with Gasteiger partial charge < -0.3 is 48.6 Å². The number of fused-ring (bicyclic) bond motifs is 16. The van der Waals surface area contributed by atoms with Crippen LogP contribution in [0.15, 0.2) is 64.1 Å². The number of nitrogens with two attached hydrogens (primary N) is 2. The summed E-state index contributed by atoms with van der Waals surface area (Å²) in [6.45, 7) is 0.969. The molecule has 48 heavy (non-hydrogen) atoms. The van der Waals surface area contributed by atoms with E-state index in [1.165, 1.54) is 37.6 Å². The molecular formula is C30H30N10O8. The zero-order valence-electron chi connectivity index (χ0n) is 25.4. The summed E-state index contributed by atoms with van der Waals surface area (Å²) in [6, 6.07) is -1.27. The van der Waals surface area contributed by atoms with Crippen LogP contribution in [0.3, 0.4) is 0 Å². The fourth-order valence-electron chi connectivity index (χ4n) is 5.03. The van der Waals surface area contributed by atoms with Crippen molar-refractivity contribution in [1.82, 2.24) is 40.5 Å². The van der Waals surface area contributed by atoms with Crippen LogP contribution in [0.5, 0.6) is 0 Å². The summed E-state index contributed by atoms with van der Waals surface area (Å²) in [7, 11) is 0. The van der Waals surface area contributed by atoms with Gasteiger partial charge in [0.1, 0.15) is 49.7 Å². The third kappa shape index (κ3) is 6.38. The number of amides is 2. The minimum absolute atomic E-state index is 0.00190. The lowest BCUT2D eigenvalue weighted by atomic mass is 10.1. The fourth-order valence-corrected chi connectivity index (χ4v) is 5.03. The molecule has 1 aliphatic heterocycles. The van der Waals surface area contributed by atoms with E-state index in [0.29, 0.717) is 38.8 Å². The Morgan fingerprint density at radius 2 is 0.812 bits per heavy atom. The average molecular weight is 659 g/mol. The van der Waals surface area contributed by atoms with E-state index in [9.17, 15) is 9.59 Å². The number of oxazole rings is 6. The molecule has 0 spiro atoms. The highest BCUT2D eigenvalue weighted by molar-refractivity contribution is 5.93. The third-order valence-electron chi connectivity index (χ3n) is 7.50. The van der Waals surface area contributed by atoms with Crippen molar-refractivity contribution in [3.05, 3.63) is 60.7 Å². The Morgan fingerprint density at radius 1 is 0.479 bits per heavy atom. The van der Waals surface area contributed by atoms with Crippen molar-refractivity contribution >= 4 is 11.8 Å². The second-order valence-corrected chi connectivity index (χ2v) is 10.9. The van der Waals surface area contributed by atoms with Gasteiger partial charge in [0.05, 0.1) is 0 Å². The molecule has 18 heteroatoms. The van der Waals surface area contributed by atoms with Crippen LogP contribution in [0.4, 0.5) is 0 Å². The van der Waals surface area contributed by atoms with Crippen LogP contribution >= 0.6 is 0 Å². The van der Waals surface area contributed by atoms with Gasteiger partial charge in [-0.1, -0.05) is 0 Å². The van der Waals surface area contributed by atoms with Crippen LogP contribution in [-0.2, 0) is 0 Å². The number of hydrogen-bond acceptors (Lipinski definition) is 16. The van der Waals surface area contributed by atoms with E-state index in [4.69, 9.17) is 38.0 Å². The number of carbonyl (C=O) groups is 2. The number of aromatic nitrogens is 6. The summed E-state index contributed by atoms with van der Waals surface area (Å²) in [6.07, 6.45) is 11.6. The van der Waals surface area contributed by atoms with Crippen LogP contribution in [0, 0.1) is 0 Å². The van der Waals surface area contributed by atoms with Gasteiger partial charge in [-0.15, -0.1) is 0 Å². The van der Waals surface area contributed by atoms with Gasteiger partial charge in [0, 0.05) is 0 Å². The molecule has 1 aliphatic rings. The first-order valence-corrected chi connectivity index (χ1v) is 15.3. The molecule has 0 aromatic carbocycles. The smallest absolute Gasteiger partial charge is 0.273 e. The molecule has 2 amide bonds. The van der Waals surface area contributed by atoms with Crippen molar-refractivity contribution in [3.63, 3.8) is 0 Å². The van der Waals surface area contributed by atoms with Gasteiger partial charge in [-0.3, -0.25) is 9.59 Å². The quantitative estimate of drug-likeness (QED) is 0.169. The Labute approximate surface area is 270 Å². The van der Waals surface area contributed by atoms with Crippen LogP contribution in [0.1, 0.15) is 83.4 Å². The van der Waals surface area contributed by atoms with Gasteiger partial charge in [-0.05, 0) is 51.6 Å². The molecule has 6 N–H and O–H groups in total. The van der Waals surface area contributed by atoms with Crippen molar-refractivity contribution in [2.45, 2.75) is 50.6 Å². The molecule has 0 saturated heterocycles. The second-order valence-electron chi connectivity index (χ2n) is 10.9. The molecule has 12 bridgehead atoms. The molecule has 6 aromatic rings. The minimum atomic E-state index is -0.634. The van der Waals surface area contributed by atoms with Gasteiger partial charge >= 0.3 is 0 Å². The first kappa shape index (κ1) is 30.8. The molecule has 0 fully saturated rings. The minimum Gasteiger partial charge on any atom is -0.446 e. The lowest BCUT2D eigenvalue weighted by Gasteiger charge is -2.14. The van der Waals surface area contributed by atoms with E-state index < -0.39 is 23.9 Å². The molecular weight excluding hydrogens is 628 g/mol. The Balaban J connectivity index is 1.25. The second kappa shape index (κ2) is 13.5. The van der Waals surface area contributed by atoms with Crippen molar-refractivity contribution in [2.75, 3.05) is 13.1 Å². The summed E-state index contributed by atoms with van der Waals surface area (Å²) in [4.78, 5) is 53.0. The lowest BCUT2D eigenvalue weighted by molar-refractivity contribution is 0.0914. The van der Waals surface area contributed by atoms with Gasteiger partial charge in [-0.2, -0.15) is 0 Å². The molecule has 248 valence electrons. The van der Waals surface area contributed by atoms with E-state index in [2.05, 4.69) is 40.5 Å².